The standard InChI is InChI=1S/C23H21ClN2O5S/c24-18-8-11-22(31-19-4-2-1-3-5-19)21(16-18)25-23(27)17-6-9-20(10-7-17)32(28,29)26-12-14-30-15-13-26/h1-11,16H,12-15H2,(H,25,27). The monoisotopic (exact) mass is 472 g/mol. The maximum absolute atomic E-state index is 12.8. The van der Waals surface area contributed by atoms with Crippen LogP contribution in [0.5, 0.6) is 11.5 Å². The van der Waals surface area contributed by atoms with Crippen molar-refractivity contribution < 1.29 is 22.7 Å². The van der Waals surface area contributed by atoms with Gasteiger partial charge in [0, 0.05) is 23.7 Å². The first-order valence-electron chi connectivity index (χ1n) is 9.95. The quantitative estimate of drug-likeness (QED) is 0.574. The third-order valence-electron chi connectivity index (χ3n) is 4.89. The fraction of sp³-hybridized carbons (Fsp3) is 0.174. The van der Waals surface area contributed by atoms with Crippen LogP contribution in [0, 0.1) is 0 Å². The zero-order valence-electron chi connectivity index (χ0n) is 17.0. The number of anilines is 1. The SMILES string of the molecule is O=C(Nc1cc(Cl)ccc1Oc1ccccc1)c1ccc(S(=O)(=O)N2CCOCC2)cc1. The molecule has 1 fully saturated rings. The van der Waals surface area contributed by atoms with E-state index in [1.54, 1.807) is 30.3 Å². The highest BCUT2D eigenvalue weighted by Gasteiger charge is 2.26. The van der Waals surface area contributed by atoms with E-state index in [0.717, 1.165) is 0 Å². The summed E-state index contributed by atoms with van der Waals surface area (Å²) in [5, 5.41) is 3.22. The van der Waals surface area contributed by atoms with E-state index in [1.165, 1.54) is 28.6 Å². The summed E-state index contributed by atoms with van der Waals surface area (Å²) in [4.78, 5) is 12.9. The van der Waals surface area contributed by atoms with Crippen LogP contribution < -0.4 is 10.1 Å². The molecule has 1 saturated heterocycles. The van der Waals surface area contributed by atoms with E-state index in [4.69, 9.17) is 21.1 Å². The minimum Gasteiger partial charge on any atom is -0.455 e. The van der Waals surface area contributed by atoms with Crippen LogP contribution in [0.15, 0.2) is 77.7 Å². The van der Waals surface area contributed by atoms with E-state index in [0.29, 0.717) is 54.1 Å². The Kier molecular flexibility index (Phi) is 6.76. The minimum absolute atomic E-state index is 0.131. The number of carbonyl (C=O) groups is 1. The van der Waals surface area contributed by atoms with Gasteiger partial charge >= 0.3 is 0 Å². The van der Waals surface area contributed by atoms with Gasteiger partial charge < -0.3 is 14.8 Å². The van der Waals surface area contributed by atoms with Crippen LogP contribution >= 0.6 is 11.6 Å². The molecule has 0 aromatic heterocycles. The van der Waals surface area contributed by atoms with Crippen molar-refractivity contribution in [1.82, 2.24) is 4.31 Å². The first-order valence-corrected chi connectivity index (χ1v) is 11.8. The Morgan fingerprint density at radius 2 is 1.66 bits per heavy atom. The lowest BCUT2D eigenvalue weighted by atomic mass is 10.2. The molecule has 3 aromatic carbocycles. The van der Waals surface area contributed by atoms with E-state index in [-0.39, 0.29) is 4.90 Å². The first kappa shape index (κ1) is 22.3. The molecule has 166 valence electrons. The number of nitrogens with one attached hydrogen (secondary N) is 1. The summed E-state index contributed by atoms with van der Waals surface area (Å²) in [5.74, 6) is 0.629. The number of amides is 1. The smallest absolute Gasteiger partial charge is 0.255 e. The molecular weight excluding hydrogens is 452 g/mol. The molecule has 0 spiro atoms. The molecule has 1 N–H and O–H groups in total. The molecule has 1 amide bonds. The number of ether oxygens (including phenoxy) is 2. The Morgan fingerprint density at radius 3 is 2.34 bits per heavy atom. The van der Waals surface area contributed by atoms with E-state index in [2.05, 4.69) is 5.32 Å². The molecule has 1 aliphatic heterocycles. The lowest BCUT2D eigenvalue weighted by Crippen LogP contribution is -2.40. The van der Waals surface area contributed by atoms with Crippen molar-refractivity contribution in [1.29, 1.82) is 0 Å². The van der Waals surface area contributed by atoms with E-state index in [9.17, 15) is 13.2 Å². The molecule has 4 rings (SSSR count). The molecule has 0 aliphatic carbocycles. The van der Waals surface area contributed by atoms with Crippen LogP contribution in [0.3, 0.4) is 0 Å². The minimum atomic E-state index is -3.63. The van der Waals surface area contributed by atoms with Gasteiger partial charge in [0.2, 0.25) is 10.0 Å². The Hall–Kier alpha value is -2.91. The number of rotatable bonds is 6. The molecule has 0 unspecified atom stereocenters. The highest BCUT2D eigenvalue weighted by atomic mass is 35.5. The highest BCUT2D eigenvalue weighted by molar-refractivity contribution is 7.89. The molecule has 1 aliphatic rings. The van der Waals surface area contributed by atoms with Gasteiger partial charge in [0.1, 0.15) is 5.75 Å². The Bertz CT molecular complexity index is 1190. The zero-order valence-corrected chi connectivity index (χ0v) is 18.6. The number of hydrogen-bond acceptors (Lipinski definition) is 5. The van der Waals surface area contributed by atoms with Crippen molar-refractivity contribution in [3.8, 4) is 11.5 Å². The Morgan fingerprint density at radius 1 is 0.969 bits per heavy atom. The van der Waals surface area contributed by atoms with E-state index in [1.807, 2.05) is 18.2 Å². The fourth-order valence-electron chi connectivity index (χ4n) is 3.21. The molecule has 0 radical (unpaired) electrons. The maximum Gasteiger partial charge on any atom is 0.255 e. The van der Waals surface area contributed by atoms with E-state index >= 15 is 0 Å². The summed E-state index contributed by atoms with van der Waals surface area (Å²) < 4.78 is 38.0. The number of nitrogens with zero attached hydrogens (tertiary/aromatic N) is 1. The molecular formula is C23H21ClN2O5S. The van der Waals surface area contributed by atoms with Gasteiger partial charge in [-0.3, -0.25) is 4.79 Å². The van der Waals surface area contributed by atoms with E-state index < -0.39 is 15.9 Å². The van der Waals surface area contributed by atoms with Crippen molar-refractivity contribution in [3.63, 3.8) is 0 Å². The third-order valence-corrected chi connectivity index (χ3v) is 7.03. The molecule has 0 saturated carbocycles. The number of para-hydroxylation sites is 1. The molecule has 32 heavy (non-hydrogen) atoms. The number of carbonyl (C=O) groups excluding carboxylic acids is 1. The second-order valence-corrected chi connectivity index (χ2v) is 9.42. The van der Waals surface area contributed by atoms with Crippen molar-refractivity contribution in [2.24, 2.45) is 0 Å². The Labute approximate surface area is 191 Å². The van der Waals surface area contributed by atoms with Gasteiger partial charge in [0.05, 0.1) is 23.8 Å². The number of benzene rings is 3. The lowest BCUT2D eigenvalue weighted by molar-refractivity contribution is 0.0730. The van der Waals surface area contributed by atoms with Gasteiger partial charge in [-0.05, 0) is 54.6 Å². The molecule has 9 heteroatoms. The topological polar surface area (TPSA) is 84.9 Å². The Balaban J connectivity index is 1.51. The van der Waals surface area contributed by atoms with Gasteiger partial charge in [-0.15, -0.1) is 0 Å². The highest BCUT2D eigenvalue weighted by Crippen LogP contribution is 2.32. The van der Waals surface area contributed by atoms with Crippen molar-refractivity contribution >= 4 is 33.2 Å². The van der Waals surface area contributed by atoms with Crippen LogP contribution in [-0.2, 0) is 14.8 Å². The van der Waals surface area contributed by atoms with Crippen molar-refractivity contribution in [2.45, 2.75) is 4.90 Å². The van der Waals surface area contributed by atoms with Gasteiger partial charge in [-0.2, -0.15) is 4.31 Å². The normalized spacial score (nSPS) is 14.7. The summed E-state index contributed by atoms with van der Waals surface area (Å²) in [6, 6.07) is 19.9. The maximum atomic E-state index is 12.8. The summed E-state index contributed by atoms with van der Waals surface area (Å²) >= 11 is 6.11. The number of morpholine rings is 1. The number of hydrogen-bond donors (Lipinski definition) is 1. The van der Waals surface area contributed by atoms with Crippen LogP contribution in [0.25, 0.3) is 0 Å². The van der Waals surface area contributed by atoms with Gasteiger partial charge in [0.25, 0.3) is 5.91 Å². The molecule has 7 nitrogen and oxygen atoms in total. The number of sulfonamides is 1. The van der Waals surface area contributed by atoms with Crippen LogP contribution in [0.1, 0.15) is 10.4 Å². The zero-order chi connectivity index (χ0) is 22.6. The predicted molar refractivity (Wildman–Crippen MR) is 122 cm³/mol. The summed E-state index contributed by atoms with van der Waals surface area (Å²) in [5.41, 5.74) is 0.702. The first-order chi connectivity index (χ1) is 15.4. The lowest BCUT2D eigenvalue weighted by Gasteiger charge is -2.26. The van der Waals surface area contributed by atoms with Crippen molar-refractivity contribution in [2.75, 3.05) is 31.6 Å². The van der Waals surface area contributed by atoms with Gasteiger partial charge in [-0.1, -0.05) is 29.8 Å². The van der Waals surface area contributed by atoms with Crippen LogP contribution in [0.4, 0.5) is 5.69 Å². The van der Waals surface area contributed by atoms with Crippen LogP contribution in [-0.4, -0.2) is 44.9 Å². The molecule has 3 aromatic rings. The molecule has 0 bridgehead atoms. The van der Waals surface area contributed by atoms with Crippen LogP contribution in [0.2, 0.25) is 5.02 Å². The van der Waals surface area contributed by atoms with Gasteiger partial charge in [-0.25, -0.2) is 8.42 Å². The fourth-order valence-corrected chi connectivity index (χ4v) is 4.79. The summed E-state index contributed by atoms with van der Waals surface area (Å²) in [7, 11) is -3.63. The average molecular weight is 473 g/mol. The largest absolute Gasteiger partial charge is 0.455 e. The molecule has 1 heterocycles. The number of halogens is 1. The average Bonchev–Trinajstić information content (AvgIpc) is 2.82. The summed E-state index contributed by atoms with van der Waals surface area (Å²) in [6.45, 7) is 1.35. The third kappa shape index (κ3) is 5.11. The second kappa shape index (κ2) is 9.70. The second-order valence-electron chi connectivity index (χ2n) is 7.05. The predicted octanol–water partition coefficient (Wildman–Crippen LogP) is 4.41. The van der Waals surface area contributed by atoms with Gasteiger partial charge in [0.15, 0.2) is 5.75 Å². The molecule has 0 atom stereocenters. The van der Waals surface area contributed by atoms with Crippen molar-refractivity contribution in [3.05, 3.63) is 83.4 Å². The summed E-state index contributed by atoms with van der Waals surface area (Å²) in [6.07, 6.45) is 0.